The highest BCUT2D eigenvalue weighted by atomic mass is 16.2. The fourth-order valence-electron chi connectivity index (χ4n) is 3.11. The summed E-state index contributed by atoms with van der Waals surface area (Å²) < 4.78 is 0. The standard InChI is InChI=1S/C17H27N3O/c1-4-20(5-2)17(21)16-12-15(9-10-18-16)19-14-8-6-7-13(3)11-14/h9-10,12-14H,4-8,11H2,1-3H3,(H,18,19). The van der Waals surface area contributed by atoms with Crippen molar-refractivity contribution in [2.24, 2.45) is 5.92 Å². The van der Waals surface area contributed by atoms with Gasteiger partial charge in [-0.2, -0.15) is 0 Å². The van der Waals surface area contributed by atoms with Gasteiger partial charge in [0.05, 0.1) is 0 Å². The summed E-state index contributed by atoms with van der Waals surface area (Å²) in [5.74, 6) is 0.801. The Morgan fingerprint density at radius 1 is 1.38 bits per heavy atom. The van der Waals surface area contributed by atoms with Gasteiger partial charge in [-0.3, -0.25) is 9.78 Å². The first-order valence-corrected chi connectivity index (χ1v) is 8.15. The summed E-state index contributed by atoms with van der Waals surface area (Å²) in [5, 5.41) is 3.57. The molecule has 0 spiro atoms. The number of carbonyl (C=O) groups excluding carboxylic acids is 1. The molecule has 116 valence electrons. The third-order valence-corrected chi connectivity index (χ3v) is 4.34. The molecular weight excluding hydrogens is 262 g/mol. The van der Waals surface area contributed by atoms with Gasteiger partial charge in [0.15, 0.2) is 0 Å². The highest BCUT2D eigenvalue weighted by molar-refractivity contribution is 5.93. The summed E-state index contributed by atoms with van der Waals surface area (Å²) in [6, 6.07) is 4.37. The van der Waals surface area contributed by atoms with Crippen LogP contribution in [-0.4, -0.2) is 34.9 Å². The summed E-state index contributed by atoms with van der Waals surface area (Å²) in [6.45, 7) is 7.74. The lowest BCUT2D eigenvalue weighted by Gasteiger charge is -2.28. The van der Waals surface area contributed by atoms with Gasteiger partial charge in [-0.05, 0) is 44.7 Å². The van der Waals surface area contributed by atoms with E-state index in [1.807, 2.05) is 26.0 Å². The van der Waals surface area contributed by atoms with Gasteiger partial charge in [0.25, 0.3) is 5.91 Å². The van der Waals surface area contributed by atoms with Gasteiger partial charge in [-0.15, -0.1) is 0 Å². The van der Waals surface area contributed by atoms with E-state index in [1.165, 1.54) is 25.7 Å². The van der Waals surface area contributed by atoms with E-state index < -0.39 is 0 Å². The van der Waals surface area contributed by atoms with E-state index in [-0.39, 0.29) is 5.91 Å². The van der Waals surface area contributed by atoms with E-state index in [4.69, 9.17) is 0 Å². The molecule has 1 heterocycles. The number of anilines is 1. The fraction of sp³-hybridized carbons (Fsp3) is 0.647. The van der Waals surface area contributed by atoms with Crippen LogP contribution >= 0.6 is 0 Å². The number of aromatic nitrogens is 1. The largest absolute Gasteiger partial charge is 0.382 e. The van der Waals surface area contributed by atoms with Gasteiger partial charge < -0.3 is 10.2 Å². The smallest absolute Gasteiger partial charge is 0.272 e. The number of hydrogen-bond acceptors (Lipinski definition) is 3. The van der Waals surface area contributed by atoms with Gasteiger partial charge in [0.2, 0.25) is 0 Å². The molecule has 4 nitrogen and oxygen atoms in total. The van der Waals surface area contributed by atoms with Crippen molar-refractivity contribution in [3.05, 3.63) is 24.0 Å². The van der Waals surface area contributed by atoms with Crippen LogP contribution < -0.4 is 5.32 Å². The maximum atomic E-state index is 12.3. The molecule has 1 aliphatic carbocycles. The van der Waals surface area contributed by atoms with Crippen LogP contribution in [0.3, 0.4) is 0 Å². The van der Waals surface area contributed by atoms with Crippen molar-refractivity contribution in [2.75, 3.05) is 18.4 Å². The maximum Gasteiger partial charge on any atom is 0.272 e. The summed E-state index contributed by atoms with van der Waals surface area (Å²) in [7, 11) is 0. The number of nitrogens with zero attached hydrogens (tertiary/aromatic N) is 2. The zero-order valence-corrected chi connectivity index (χ0v) is 13.4. The van der Waals surface area contributed by atoms with Crippen LogP contribution in [0.25, 0.3) is 0 Å². The molecule has 2 atom stereocenters. The predicted octanol–water partition coefficient (Wildman–Crippen LogP) is 3.55. The summed E-state index contributed by atoms with van der Waals surface area (Å²) in [6.07, 6.45) is 6.77. The van der Waals surface area contributed by atoms with Crippen molar-refractivity contribution in [3.63, 3.8) is 0 Å². The summed E-state index contributed by atoms with van der Waals surface area (Å²) in [5.41, 5.74) is 1.55. The van der Waals surface area contributed by atoms with Crippen molar-refractivity contribution < 1.29 is 4.79 Å². The van der Waals surface area contributed by atoms with E-state index in [9.17, 15) is 4.79 Å². The van der Waals surface area contributed by atoms with Crippen molar-refractivity contribution >= 4 is 11.6 Å². The van der Waals surface area contributed by atoms with Crippen molar-refractivity contribution in [2.45, 2.75) is 52.5 Å². The molecule has 1 N–H and O–H groups in total. The van der Waals surface area contributed by atoms with Crippen LogP contribution in [0.5, 0.6) is 0 Å². The van der Waals surface area contributed by atoms with Crippen LogP contribution in [0, 0.1) is 5.92 Å². The Morgan fingerprint density at radius 2 is 2.14 bits per heavy atom. The Balaban J connectivity index is 2.05. The Hall–Kier alpha value is -1.58. The minimum Gasteiger partial charge on any atom is -0.382 e. The van der Waals surface area contributed by atoms with Crippen molar-refractivity contribution in [1.82, 2.24) is 9.88 Å². The average Bonchev–Trinajstić information content (AvgIpc) is 2.48. The lowest BCUT2D eigenvalue weighted by atomic mass is 9.87. The molecule has 0 bridgehead atoms. The van der Waals surface area contributed by atoms with E-state index in [0.717, 1.165) is 24.7 Å². The number of amides is 1. The fourth-order valence-corrected chi connectivity index (χ4v) is 3.11. The molecule has 1 aromatic heterocycles. The van der Waals surface area contributed by atoms with Crippen LogP contribution in [-0.2, 0) is 0 Å². The van der Waals surface area contributed by atoms with Crippen LogP contribution in [0.1, 0.15) is 56.9 Å². The minimum absolute atomic E-state index is 0.0145. The van der Waals surface area contributed by atoms with E-state index >= 15 is 0 Å². The number of pyridine rings is 1. The topological polar surface area (TPSA) is 45.2 Å². The Morgan fingerprint density at radius 3 is 2.81 bits per heavy atom. The molecule has 1 fully saturated rings. The second-order valence-corrected chi connectivity index (χ2v) is 6.02. The van der Waals surface area contributed by atoms with E-state index in [1.54, 1.807) is 11.1 Å². The molecule has 1 aromatic rings. The van der Waals surface area contributed by atoms with Gasteiger partial charge in [-0.1, -0.05) is 19.8 Å². The number of nitrogens with one attached hydrogen (secondary N) is 1. The molecule has 2 rings (SSSR count). The molecule has 2 unspecified atom stereocenters. The van der Waals surface area contributed by atoms with Gasteiger partial charge in [-0.25, -0.2) is 0 Å². The monoisotopic (exact) mass is 289 g/mol. The predicted molar refractivity (Wildman–Crippen MR) is 86.5 cm³/mol. The summed E-state index contributed by atoms with van der Waals surface area (Å²) >= 11 is 0. The zero-order valence-electron chi connectivity index (χ0n) is 13.4. The SMILES string of the molecule is CCN(CC)C(=O)c1cc(NC2CCCC(C)C2)ccn1. The third kappa shape index (κ3) is 4.19. The van der Waals surface area contributed by atoms with E-state index in [0.29, 0.717) is 11.7 Å². The maximum absolute atomic E-state index is 12.3. The van der Waals surface area contributed by atoms with Gasteiger partial charge in [0.1, 0.15) is 5.69 Å². The normalized spacial score (nSPS) is 21.9. The number of hydrogen-bond donors (Lipinski definition) is 1. The quantitative estimate of drug-likeness (QED) is 0.901. The van der Waals surface area contributed by atoms with Crippen LogP contribution in [0.4, 0.5) is 5.69 Å². The molecule has 0 radical (unpaired) electrons. The highest BCUT2D eigenvalue weighted by Crippen LogP contribution is 2.26. The first-order chi connectivity index (χ1) is 10.1. The molecule has 0 saturated heterocycles. The molecule has 21 heavy (non-hydrogen) atoms. The molecule has 1 amide bonds. The molecule has 0 aliphatic heterocycles. The van der Waals surface area contributed by atoms with Crippen molar-refractivity contribution in [1.29, 1.82) is 0 Å². The Labute approximate surface area is 127 Å². The minimum atomic E-state index is 0.0145. The lowest BCUT2D eigenvalue weighted by Crippen LogP contribution is -2.31. The molecule has 4 heteroatoms. The zero-order chi connectivity index (χ0) is 15.2. The second-order valence-electron chi connectivity index (χ2n) is 6.02. The third-order valence-electron chi connectivity index (χ3n) is 4.34. The Bertz CT molecular complexity index is 471. The first-order valence-electron chi connectivity index (χ1n) is 8.15. The number of carbonyl (C=O) groups is 1. The molecule has 1 saturated carbocycles. The van der Waals surface area contributed by atoms with Gasteiger partial charge >= 0.3 is 0 Å². The number of rotatable bonds is 5. The lowest BCUT2D eigenvalue weighted by molar-refractivity contribution is 0.0767. The molecule has 0 aromatic carbocycles. The van der Waals surface area contributed by atoms with Crippen LogP contribution in [0.15, 0.2) is 18.3 Å². The Kier molecular flexibility index (Phi) is 5.59. The summed E-state index contributed by atoms with van der Waals surface area (Å²) in [4.78, 5) is 18.4. The van der Waals surface area contributed by atoms with Gasteiger partial charge in [0, 0.05) is 31.0 Å². The van der Waals surface area contributed by atoms with Crippen molar-refractivity contribution in [3.8, 4) is 0 Å². The first kappa shape index (κ1) is 15.8. The van der Waals surface area contributed by atoms with Crippen LogP contribution in [0.2, 0.25) is 0 Å². The molecular formula is C17H27N3O. The van der Waals surface area contributed by atoms with E-state index in [2.05, 4.69) is 17.2 Å². The average molecular weight is 289 g/mol. The molecule has 1 aliphatic rings. The second kappa shape index (κ2) is 7.43. The highest BCUT2D eigenvalue weighted by Gasteiger charge is 2.19.